The van der Waals surface area contributed by atoms with Gasteiger partial charge in [-0.3, -0.25) is 0 Å². The van der Waals surface area contributed by atoms with Gasteiger partial charge in [-0.05, 0) is 57.4 Å². The van der Waals surface area contributed by atoms with E-state index in [9.17, 15) is 0 Å². The SMILES string of the molecule is ClC1CCC(CNCC2CCC3(CCCC3)O2)C1. The lowest BCUT2D eigenvalue weighted by molar-refractivity contribution is -0.0352. The molecule has 1 spiro atoms. The minimum atomic E-state index is 0.293. The van der Waals surface area contributed by atoms with Gasteiger partial charge in [-0.25, -0.2) is 0 Å². The Kier molecular flexibility index (Phi) is 4.17. The maximum absolute atomic E-state index is 6.31. The third-order valence-corrected chi connectivity index (χ3v) is 5.53. The molecule has 1 saturated heterocycles. The molecule has 3 heteroatoms. The molecule has 104 valence electrons. The van der Waals surface area contributed by atoms with E-state index in [2.05, 4.69) is 5.32 Å². The van der Waals surface area contributed by atoms with Crippen molar-refractivity contribution in [2.45, 2.75) is 74.9 Å². The molecule has 1 N–H and O–H groups in total. The summed E-state index contributed by atoms with van der Waals surface area (Å²) in [5.41, 5.74) is 0.293. The van der Waals surface area contributed by atoms with Crippen LogP contribution in [0.3, 0.4) is 0 Å². The van der Waals surface area contributed by atoms with Crippen LogP contribution in [0, 0.1) is 5.92 Å². The molecule has 3 atom stereocenters. The van der Waals surface area contributed by atoms with Crippen LogP contribution in [0.1, 0.15) is 57.8 Å². The van der Waals surface area contributed by atoms with Crippen LogP contribution in [-0.2, 0) is 4.74 Å². The van der Waals surface area contributed by atoms with Crippen molar-refractivity contribution in [3.05, 3.63) is 0 Å². The largest absolute Gasteiger partial charge is 0.370 e. The van der Waals surface area contributed by atoms with Gasteiger partial charge in [-0.1, -0.05) is 12.8 Å². The standard InChI is InChI=1S/C15H26ClNO/c16-13-4-3-12(9-13)10-17-11-14-5-8-15(18-14)6-1-2-7-15/h12-14,17H,1-11H2. The molecule has 2 nitrogen and oxygen atoms in total. The molecule has 3 fully saturated rings. The Morgan fingerprint density at radius 3 is 2.61 bits per heavy atom. The van der Waals surface area contributed by atoms with E-state index >= 15 is 0 Å². The highest BCUT2D eigenvalue weighted by molar-refractivity contribution is 6.20. The number of nitrogens with one attached hydrogen (secondary N) is 1. The molecule has 3 aliphatic rings. The summed E-state index contributed by atoms with van der Waals surface area (Å²) in [6, 6.07) is 0. The van der Waals surface area contributed by atoms with Crippen molar-refractivity contribution in [1.82, 2.24) is 5.32 Å². The second kappa shape index (κ2) is 5.68. The highest BCUT2D eigenvalue weighted by Crippen LogP contribution is 2.43. The Morgan fingerprint density at radius 1 is 1.06 bits per heavy atom. The summed E-state index contributed by atoms with van der Waals surface area (Å²) in [4.78, 5) is 0. The Hall–Kier alpha value is 0.210. The summed E-state index contributed by atoms with van der Waals surface area (Å²) in [6.45, 7) is 2.18. The first-order chi connectivity index (χ1) is 8.76. The number of alkyl halides is 1. The monoisotopic (exact) mass is 271 g/mol. The first-order valence-electron chi connectivity index (χ1n) is 7.78. The van der Waals surface area contributed by atoms with Gasteiger partial charge in [0.05, 0.1) is 11.7 Å². The minimum Gasteiger partial charge on any atom is -0.370 e. The maximum Gasteiger partial charge on any atom is 0.0708 e. The first-order valence-corrected chi connectivity index (χ1v) is 8.22. The first kappa shape index (κ1) is 13.2. The Balaban J connectivity index is 1.34. The maximum atomic E-state index is 6.31. The van der Waals surface area contributed by atoms with Gasteiger partial charge in [0, 0.05) is 11.9 Å². The third kappa shape index (κ3) is 3.02. The highest BCUT2D eigenvalue weighted by atomic mass is 35.5. The van der Waals surface area contributed by atoms with Crippen LogP contribution >= 0.6 is 11.6 Å². The van der Waals surface area contributed by atoms with Crippen LogP contribution in [0.4, 0.5) is 0 Å². The molecule has 1 heterocycles. The molecule has 3 unspecified atom stereocenters. The Labute approximate surface area is 116 Å². The summed E-state index contributed by atoms with van der Waals surface area (Å²) in [6.07, 6.45) is 12.1. The fourth-order valence-electron chi connectivity index (χ4n) is 4.07. The molecule has 0 aromatic carbocycles. The molecule has 0 aromatic heterocycles. The van der Waals surface area contributed by atoms with Crippen LogP contribution in [0.5, 0.6) is 0 Å². The van der Waals surface area contributed by atoms with Gasteiger partial charge in [0.25, 0.3) is 0 Å². The average Bonchev–Trinajstić information content (AvgIpc) is 3.05. The zero-order valence-electron chi connectivity index (χ0n) is 11.3. The number of halogens is 1. The van der Waals surface area contributed by atoms with E-state index in [-0.39, 0.29) is 0 Å². The topological polar surface area (TPSA) is 21.3 Å². The van der Waals surface area contributed by atoms with E-state index in [0.717, 1.165) is 19.0 Å². The summed E-state index contributed by atoms with van der Waals surface area (Å²) in [5.74, 6) is 0.800. The van der Waals surface area contributed by atoms with Gasteiger partial charge >= 0.3 is 0 Å². The molecule has 2 saturated carbocycles. The van der Waals surface area contributed by atoms with E-state index in [1.807, 2.05) is 0 Å². The molecule has 0 amide bonds. The normalized spacial score (nSPS) is 38.8. The lowest BCUT2D eigenvalue weighted by Gasteiger charge is -2.24. The van der Waals surface area contributed by atoms with Gasteiger partial charge in [0.2, 0.25) is 0 Å². The fraction of sp³-hybridized carbons (Fsp3) is 1.00. The van der Waals surface area contributed by atoms with Crippen LogP contribution in [0.15, 0.2) is 0 Å². The second-order valence-electron chi connectivity index (χ2n) is 6.60. The lowest BCUT2D eigenvalue weighted by atomic mass is 9.98. The zero-order valence-corrected chi connectivity index (χ0v) is 12.1. The third-order valence-electron chi connectivity index (χ3n) is 5.14. The van der Waals surface area contributed by atoms with Gasteiger partial charge < -0.3 is 10.1 Å². The quantitative estimate of drug-likeness (QED) is 0.791. The highest BCUT2D eigenvalue weighted by Gasteiger charge is 2.41. The smallest absolute Gasteiger partial charge is 0.0708 e. The van der Waals surface area contributed by atoms with E-state index in [0.29, 0.717) is 17.1 Å². The van der Waals surface area contributed by atoms with Crippen LogP contribution in [0.2, 0.25) is 0 Å². The number of hydrogen-bond acceptors (Lipinski definition) is 2. The summed E-state index contributed by atoms with van der Waals surface area (Å²) >= 11 is 6.14. The van der Waals surface area contributed by atoms with Crippen LogP contribution in [0.25, 0.3) is 0 Å². The summed E-state index contributed by atoms with van der Waals surface area (Å²) in [7, 11) is 0. The second-order valence-corrected chi connectivity index (χ2v) is 7.22. The number of rotatable bonds is 4. The van der Waals surface area contributed by atoms with Crippen molar-refractivity contribution in [1.29, 1.82) is 0 Å². The van der Waals surface area contributed by atoms with Crippen molar-refractivity contribution in [3.63, 3.8) is 0 Å². The lowest BCUT2D eigenvalue weighted by Crippen LogP contribution is -2.33. The molecule has 2 aliphatic carbocycles. The van der Waals surface area contributed by atoms with Gasteiger partial charge in [0.15, 0.2) is 0 Å². The molecular weight excluding hydrogens is 246 g/mol. The van der Waals surface area contributed by atoms with Gasteiger partial charge in [0.1, 0.15) is 0 Å². The predicted molar refractivity (Wildman–Crippen MR) is 75.2 cm³/mol. The molecule has 3 rings (SSSR count). The Morgan fingerprint density at radius 2 is 1.89 bits per heavy atom. The molecular formula is C15H26ClNO. The molecule has 0 radical (unpaired) electrons. The minimum absolute atomic E-state index is 0.293. The van der Waals surface area contributed by atoms with Crippen LogP contribution < -0.4 is 5.32 Å². The molecule has 0 aromatic rings. The number of hydrogen-bond donors (Lipinski definition) is 1. The number of ether oxygens (including phenoxy) is 1. The Bertz CT molecular complexity index is 278. The van der Waals surface area contributed by atoms with Crippen molar-refractivity contribution < 1.29 is 4.74 Å². The van der Waals surface area contributed by atoms with Crippen LogP contribution in [-0.4, -0.2) is 30.2 Å². The van der Waals surface area contributed by atoms with Crippen molar-refractivity contribution in [2.75, 3.05) is 13.1 Å². The molecule has 0 bridgehead atoms. The molecule has 1 aliphatic heterocycles. The van der Waals surface area contributed by atoms with Gasteiger partial charge in [-0.15, -0.1) is 11.6 Å². The predicted octanol–water partition coefficient (Wildman–Crippen LogP) is 3.48. The zero-order chi connectivity index (χ0) is 12.4. The van der Waals surface area contributed by atoms with E-state index < -0.39 is 0 Å². The van der Waals surface area contributed by atoms with Crippen molar-refractivity contribution in [3.8, 4) is 0 Å². The fourth-order valence-corrected chi connectivity index (χ4v) is 4.45. The van der Waals surface area contributed by atoms with Gasteiger partial charge in [-0.2, -0.15) is 0 Å². The average molecular weight is 272 g/mol. The van der Waals surface area contributed by atoms with E-state index in [4.69, 9.17) is 16.3 Å². The van der Waals surface area contributed by atoms with E-state index in [1.54, 1.807) is 0 Å². The van der Waals surface area contributed by atoms with Crippen molar-refractivity contribution in [2.24, 2.45) is 5.92 Å². The summed E-state index contributed by atoms with van der Waals surface area (Å²) in [5, 5.41) is 4.04. The van der Waals surface area contributed by atoms with E-state index in [1.165, 1.54) is 57.8 Å². The summed E-state index contributed by atoms with van der Waals surface area (Å²) < 4.78 is 6.31. The van der Waals surface area contributed by atoms with Crippen molar-refractivity contribution >= 4 is 11.6 Å². The molecule has 18 heavy (non-hydrogen) atoms.